The van der Waals surface area contributed by atoms with Crippen LogP contribution in [0, 0.1) is 0 Å². The Kier molecular flexibility index (Phi) is 6.53. The second-order valence-electron chi connectivity index (χ2n) is 6.67. The number of nitrogens with one attached hydrogen (secondary N) is 2. The largest absolute Gasteiger partial charge is 0.376 e. The summed E-state index contributed by atoms with van der Waals surface area (Å²) in [6.07, 6.45) is 1.90. The lowest BCUT2D eigenvalue weighted by Gasteiger charge is -2.11. The van der Waals surface area contributed by atoms with E-state index in [1.165, 1.54) is 21.2 Å². The third-order valence-corrected chi connectivity index (χ3v) is 5.26. The lowest BCUT2D eigenvalue weighted by molar-refractivity contribution is -0.113. The van der Waals surface area contributed by atoms with E-state index in [1.54, 1.807) is 38.4 Å². The number of thioether (sulfide) groups is 1. The van der Waals surface area contributed by atoms with E-state index in [1.807, 2.05) is 0 Å². The zero-order valence-electron chi connectivity index (χ0n) is 15.8. The molecule has 2 N–H and O–H groups in total. The van der Waals surface area contributed by atoms with E-state index >= 15 is 0 Å². The minimum atomic E-state index is -0.306. The van der Waals surface area contributed by atoms with Gasteiger partial charge in [0.25, 0.3) is 5.91 Å². The zero-order chi connectivity index (χ0) is 20.1. The Morgan fingerprint density at radius 3 is 2.75 bits per heavy atom. The molecular formula is C18H23N5O4S. The van der Waals surface area contributed by atoms with E-state index in [2.05, 4.69) is 15.5 Å². The number of carbonyl (C=O) groups excluding carboxylic acids is 2. The number of ether oxygens (including phenoxy) is 1. The normalized spacial score (nSPS) is 16.1. The van der Waals surface area contributed by atoms with E-state index in [0.717, 1.165) is 12.8 Å². The number of aromatic nitrogens is 3. The Bertz CT molecular complexity index is 884. The van der Waals surface area contributed by atoms with Crippen LogP contribution in [0.25, 0.3) is 0 Å². The van der Waals surface area contributed by atoms with Crippen LogP contribution >= 0.6 is 11.8 Å². The van der Waals surface area contributed by atoms with Crippen LogP contribution in [0.3, 0.4) is 0 Å². The molecule has 2 heterocycles. The van der Waals surface area contributed by atoms with Crippen LogP contribution in [0.15, 0.2) is 34.2 Å². The van der Waals surface area contributed by atoms with Gasteiger partial charge in [-0.3, -0.25) is 14.2 Å². The highest BCUT2D eigenvalue weighted by atomic mass is 32.2. The maximum Gasteiger partial charge on any atom is 0.344 e. The molecule has 1 saturated heterocycles. The first-order chi connectivity index (χ1) is 13.4. The van der Waals surface area contributed by atoms with Gasteiger partial charge in [0, 0.05) is 32.0 Å². The average Bonchev–Trinajstić information content (AvgIpc) is 3.31. The molecule has 1 fully saturated rings. The van der Waals surface area contributed by atoms with Crippen LogP contribution in [0.2, 0.25) is 0 Å². The maximum atomic E-state index is 12.2. The van der Waals surface area contributed by atoms with Gasteiger partial charge in [0.15, 0.2) is 5.16 Å². The molecule has 1 aromatic heterocycles. The molecule has 150 valence electrons. The van der Waals surface area contributed by atoms with Gasteiger partial charge in [-0.2, -0.15) is 0 Å². The van der Waals surface area contributed by atoms with Crippen LogP contribution in [-0.4, -0.2) is 64.0 Å². The number of hydrogen-bond donors (Lipinski definition) is 2. The minimum Gasteiger partial charge on any atom is -0.376 e. The molecule has 1 atom stereocenters. The van der Waals surface area contributed by atoms with Crippen LogP contribution < -0.4 is 11.0 Å². The van der Waals surface area contributed by atoms with Gasteiger partial charge >= 0.3 is 5.69 Å². The summed E-state index contributed by atoms with van der Waals surface area (Å²) in [7, 11) is 3.37. The Hall–Kier alpha value is -2.59. The van der Waals surface area contributed by atoms with E-state index < -0.39 is 0 Å². The third-order valence-electron chi connectivity index (χ3n) is 4.29. The van der Waals surface area contributed by atoms with Gasteiger partial charge in [-0.1, -0.05) is 11.8 Å². The lowest BCUT2D eigenvalue weighted by atomic mass is 10.2. The van der Waals surface area contributed by atoms with Gasteiger partial charge in [0.05, 0.1) is 18.4 Å². The van der Waals surface area contributed by atoms with E-state index in [0.29, 0.717) is 29.6 Å². The SMILES string of the molecule is CN(C)C(=O)c1ccc(NC(=O)CSc2n[nH]c(=O)n2C[C@H]2CCCO2)cc1. The zero-order valence-corrected chi connectivity index (χ0v) is 16.6. The van der Waals surface area contributed by atoms with Crippen LogP contribution in [0.1, 0.15) is 23.2 Å². The van der Waals surface area contributed by atoms with E-state index in [-0.39, 0.29) is 29.4 Å². The molecule has 1 aromatic carbocycles. The van der Waals surface area contributed by atoms with Crippen molar-refractivity contribution in [3.8, 4) is 0 Å². The van der Waals surface area contributed by atoms with Gasteiger partial charge in [-0.15, -0.1) is 5.10 Å². The van der Waals surface area contributed by atoms with Gasteiger partial charge < -0.3 is 15.0 Å². The van der Waals surface area contributed by atoms with Crippen molar-refractivity contribution in [3.63, 3.8) is 0 Å². The number of H-pyrrole nitrogens is 1. The predicted octanol–water partition coefficient (Wildman–Crippen LogP) is 1.18. The van der Waals surface area contributed by atoms with Gasteiger partial charge in [0.1, 0.15) is 0 Å². The third kappa shape index (κ3) is 5.02. The van der Waals surface area contributed by atoms with Crippen molar-refractivity contribution in [1.29, 1.82) is 0 Å². The van der Waals surface area contributed by atoms with Crippen molar-refractivity contribution in [2.75, 3.05) is 31.8 Å². The molecule has 28 heavy (non-hydrogen) atoms. The number of carbonyl (C=O) groups is 2. The molecule has 1 aliphatic rings. The molecule has 2 aromatic rings. The summed E-state index contributed by atoms with van der Waals surface area (Å²) in [6, 6.07) is 6.69. The minimum absolute atomic E-state index is 0.00636. The number of benzene rings is 1. The highest BCUT2D eigenvalue weighted by Gasteiger charge is 2.20. The Labute approximate surface area is 166 Å². The second-order valence-corrected chi connectivity index (χ2v) is 7.61. The van der Waals surface area contributed by atoms with Crippen molar-refractivity contribution in [1.82, 2.24) is 19.7 Å². The number of aromatic amines is 1. The standard InChI is InChI=1S/C18H23N5O4S/c1-22(2)16(25)12-5-7-13(8-6-12)19-15(24)11-28-18-21-20-17(26)23(18)10-14-4-3-9-27-14/h5-8,14H,3-4,9-11H2,1-2H3,(H,19,24)(H,20,26)/t14-/m1/s1. The molecule has 1 aliphatic heterocycles. The summed E-state index contributed by atoms with van der Waals surface area (Å²) in [5.74, 6) is -0.222. The van der Waals surface area contributed by atoms with E-state index in [4.69, 9.17) is 4.74 Å². The highest BCUT2D eigenvalue weighted by Crippen LogP contribution is 2.18. The first-order valence-electron chi connectivity index (χ1n) is 8.95. The molecule has 0 saturated carbocycles. The molecule has 2 amide bonds. The fourth-order valence-corrected chi connectivity index (χ4v) is 3.60. The molecule has 0 spiro atoms. The van der Waals surface area contributed by atoms with Gasteiger partial charge in [0.2, 0.25) is 5.91 Å². The van der Waals surface area contributed by atoms with Crippen LogP contribution in [-0.2, 0) is 16.1 Å². The van der Waals surface area contributed by atoms with Gasteiger partial charge in [-0.05, 0) is 37.1 Å². The Balaban J connectivity index is 1.54. The Morgan fingerprint density at radius 2 is 2.11 bits per heavy atom. The molecule has 3 rings (SSSR count). The predicted molar refractivity (Wildman–Crippen MR) is 106 cm³/mol. The summed E-state index contributed by atoms with van der Waals surface area (Å²) in [6.45, 7) is 1.14. The summed E-state index contributed by atoms with van der Waals surface area (Å²) < 4.78 is 7.07. The van der Waals surface area contributed by atoms with Crippen molar-refractivity contribution in [2.24, 2.45) is 0 Å². The average molecular weight is 405 g/mol. The second kappa shape index (κ2) is 9.07. The quantitative estimate of drug-likeness (QED) is 0.670. The maximum absolute atomic E-state index is 12.2. The Morgan fingerprint density at radius 1 is 1.36 bits per heavy atom. The van der Waals surface area contributed by atoms with Gasteiger partial charge in [-0.25, -0.2) is 9.89 Å². The topological polar surface area (TPSA) is 109 Å². The summed E-state index contributed by atoms with van der Waals surface area (Å²) in [5.41, 5.74) is 0.839. The molecule has 10 heteroatoms. The van der Waals surface area contributed by atoms with Crippen molar-refractivity contribution in [3.05, 3.63) is 40.3 Å². The first-order valence-corrected chi connectivity index (χ1v) is 9.94. The molecule has 9 nitrogen and oxygen atoms in total. The monoisotopic (exact) mass is 405 g/mol. The molecule has 0 bridgehead atoms. The summed E-state index contributed by atoms with van der Waals surface area (Å²) in [4.78, 5) is 37.5. The molecular weight excluding hydrogens is 382 g/mol. The number of amides is 2. The van der Waals surface area contributed by atoms with Crippen molar-refractivity contribution < 1.29 is 14.3 Å². The van der Waals surface area contributed by atoms with Crippen molar-refractivity contribution >= 4 is 29.3 Å². The number of nitrogens with zero attached hydrogens (tertiary/aromatic N) is 3. The number of anilines is 1. The molecule has 0 unspecified atom stereocenters. The summed E-state index contributed by atoms with van der Waals surface area (Å²) in [5, 5.41) is 9.65. The highest BCUT2D eigenvalue weighted by molar-refractivity contribution is 7.99. The van der Waals surface area contributed by atoms with Crippen LogP contribution in [0.5, 0.6) is 0 Å². The number of rotatable bonds is 7. The molecule has 0 aliphatic carbocycles. The first kappa shape index (κ1) is 20.2. The van der Waals surface area contributed by atoms with Crippen LogP contribution in [0.4, 0.5) is 5.69 Å². The lowest BCUT2D eigenvalue weighted by Crippen LogP contribution is -2.25. The molecule has 0 radical (unpaired) electrons. The van der Waals surface area contributed by atoms with E-state index in [9.17, 15) is 14.4 Å². The fourth-order valence-electron chi connectivity index (χ4n) is 2.85. The smallest absolute Gasteiger partial charge is 0.344 e. The fraction of sp³-hybridized carbons (Fsp3) is 0.444. The van der Waals surface area contributed by atoms with Crippen molar-refractivity contribution in [2.45, 2.75) is 30.6 Å². The number of hydrogen-bond acceptors (Lipinski definition) is 6. The summed E-state index contributed by atoms with van der Waals surface area (Å²) >= 11 is 1.18.